The minimum Gasteiger partial charge on any atom is -0.319 e. The molecule has 0 bridgehead atoms. The van der Waals surface area contributed by atoms with Crippen LogP contribution in [0.5, 0.6) is 0 Å². The molecule has 1 atom stereocenters. The fourth-order valence-electron chi connectivity index (χ4n) is 2.44. The number of hydrogen-bond donors (Lipinski definition) is 1. The maximum Gasteiger partial charge on any atom is 0.416 e. The molecule has 3 aromatic rings. The van der Waals surface area contributed by atoms with E-state index in [1.54, 1.807) is 24.5 Å². The average Bonchev–Trinajstić information content (AvgIpc) is 2.61. The van der Waals surface area contributed by atoms with E-state index in [1.165, 1.54) is 12.1 Å². The summed E-state index contributed by atoms with van der Waals surface area (Å²) in [4.78, 5) is 8.60. The van der Waals surface area contributed by atoms with E-state index in [4.69, 9.17) is 5.73 Å². The van der Waals surface area contributed by atoms with Crippen LogP contribution in [0, 0.1) is 0 Å². The Balaban J connectivity index is 0.00000169. The predicted octanol–water partition coefficient (Wildman–Crippen LogP) is 5.05. The van der Waals surface area contributed by atoms with Crippen molar-refractivity contribution in [1.29, 1.82) is 0 Å². The standard InChI is InChI=1S/C18H14F3N3.2ClH/c19-18(20,21)13-8-6-12(7-9-13)16(22)17-14(4-3-11-24-17)15-5-1-2-10-23-15;;/h1-11,16H,22H2;2*1H/t16-;;/m0../s1. The van der Waals surface area contributed by atoms with Crippen molar-refractivity contribution in [3.05, 3.63) is 83.8 Å². The number of benzene rings is 1. The second kappa shape index (κ2) is 8.98. The van der Waals surface area contributed by atoms with E-state index < -0.39 is 17.8 Å². The Labute approximate surface area is 161 Å². The van der Waals surface area contributed by atoms with Crippen molar-refractivity contribution >= 4 is 24.8 Å². The molecule has 0 aliphatic carbocycles. The maximum atomic E-state index is 12.7. The van der Waals surface area contributed by atoms with E-state index >= 15 is 0 Å². The predicted molar refractivity (Wildman–Crippen MR) is 99.4 cm³/mol. The molecule has 0 saturated heterocycles. The summed E-state index contributed by atoms with van der Waals surface area (Å²) in [6, 6.07) is 13.3. The van der Waals surface area contributed by atoms with Gasteiger partial charge in [-0.2, -0.15) is 13.2 Å². The van der Waals surface area contributed by atoms with Gasteiger partial charge in [0, 0.05) is 18.0 Å². The van der Waals surface area contributed by atoms with Gasteiger partial charge in [0.25, 0.3) is 0 Å². The van der Waals surface area contributed by atoms with Crippen LogP contribution in [0.1, 0.15) is 22.9 Å². The van der Waals surface area contributed by atoms with Gasteiger partial charge in [-0.1, -0.05) is 18.2 Å². The summed E-state index contributed by atoms with van der Waals surface area (Å²) in [5.41, 5.74) is 8.12. The first-order valence-corrected chi connectivity index (χ1v) is 7.26. The maximum absolute atomic E-state index is 12.7. The van der Waals surface area contributed by atoms with Gasteiger partial charge < -0.3 is 5.73 Å². The summed E-state index contributed by atoms with van der Waals surface area (Å²) in [5, 5.41) is 0. The van der Waals surface area contributed by atoms with E-state index in [-0.39, 0.29) is 24.8 Å². The van der Waals surface area contributed by atoms with E-state index in [0.29, 0.717) is 17.0 Å². The summed E-state index contributed by atoms with van der Waals surface area (Å²) in [6.07, 6.45) is -1.10. The number of nitrogens with zero attached hydrogens (tertiary/aromatic N) is 2. The Morgan fingerprint density at radius 3 is 2.04 bits per heavy atom. The van der Waals surface area contributed by atoms with Crippen molar-refractivity contribution in [2.24, 2.45) is 5.73 Å². The molecule has 2 heterocycles. The zero-order valence-corrected chi connectivity index (χ0v) is 15.0. The molecule has 3 nitrogen and oxygen atoms in total. The third-order valence-electron chi connectivity index (χ3n) is 3.67. The molecule has 26 heavy (non-hydrogen) atoms. The lowest BCUT2D eigenvalue weighted by Crippen LogP contribution is -2.15. The highest BCUT2D eigenvalue weighted by Crippen LogP contribution is 2.32. The summed E-state index contributed by atoms with van der Waals surface area (Å²) >= 11 is 0. The normalized spacial score (nSPS) is 11.8. The molecule has 0 aliphatic rings. The first-order chi connectivity index (χ1) is 11.5. The van der Waals surface area contributed by atoms with E-state index in [2.05, 4.69) is 9.97 Å². The Bertz CT molecular complexity index is 825. The zero-order chi connectivity index (χ0) is 17.2. The molecule has 0 aliphatic heterocycles. The number of pyridine rings is 2. The molecule has 8 heteroatoms. The minimum absolute atomic E-state index is 0. The van der Waals surface area contributed by atoms with Crippen molar-refractivity contribution < 1.29 is 13.2 Å². The lowest BCUT2D eigenvalue weighted by atomic mass is 9.97. The minimum atomic E-state index is -4.37. The van der Waals surface area contributed by atoms with Gasteiger partial charge in [0.2, 0.25) is 0 Å². The summed E-state index contributed by atoms with van der Waals surface area (Å²) < 4.78 is 38.0. The fourth-order valence-corrected chi connectivity index (χ4v) is 2.44. The van der Waals surface area contributed by atoms with Crippen LogP contribution in [-0.4, -0.2) is 9.97 Å². The van der Waals surface area contributed by atoms with Crippen molar-refractivity contribution in [3.63, 3.8) is 0 Å². The van der Waals surface area contributed by atoms with Gasteiger partial charge in [0.15, 0.2) is 0 Å². The third-order valence-corrected chi connectivity index (χ3v) is 3.67. The molecule has 0 saturated carbocycles. The number of nitrogens with two attached hydrogens (primary N) is 1. The molecule has 1 aromatic carbocycles. The van der Waals surface area contributed by atoms with Crippen molar-refractivity contribution in [3.8, 4) is 11.3 Å². The summed E-state index contributed by atoms with van der Waals surface area (Å²) in [7, 11) is 0. The highest BCUT2D eigenvalue weighted by Gasteiger charge is 2.30. The van der Waals surface area contributed by atoms with Crippen LogP contribution in [0.2, 0.25) is 0 Å². The molecule has 0 unspecified atom stereocenters. The number of alkyl halides is 3. The molecule has 138 valence electrons. The Kier molecular flexibility index (Phi) is 7.56. The number of rotatable bonds is 3. The molecule has 0 radical (unpaired) electrons. The first-order valence-electron chi connectivity index (χ1n) is 7.26. The second-order valence-corrected chi connectivity index (χ2v) is 5.25. The van der Waals surface area contributed by atoms with Gasteiger partial charge in [-0.15, -0.1) is 24.8 Å². The molecule has 2 aromatic heterocycles. The van der Waals surface area contributed by atoms with Gasteiger partial charge in [0.05, 0.1) is 23.0 Å². The fraction of sp³-hybridized carbons (Fsp3) is 0.111. The third kappa shape index (κ3) is 4.72. The van der Waals surface area contributed by atoms with Gasteiger partial charge in [0.1, 0.15) is 0 Å². The quantitative estimate of drug-likeness (QED) is 0.667. The van der Waals surface area contributed by atoms with Gasteiger partial charge in [-0.05, 0) is 42.0 Å². The average molecular weight is 402 g/mol. The lowest BCUT2D eigenvalue weighted by molar-refractivity contribution is -0.137. The van der Waals surface area contributed by atoms with Crippen molar-refractivity contribution in [2.45, 2.75) is 12.2 Å². The van der Waals surface area contributed by atoms with Crippen LogP contribution >= 0.6 is 24.8 Å². The van der Waals surface area contributed by atoms with Crippen LogP contribution in [0.4, 0.5) is 13.2 Å². The van der Waals surface area contributed by atoms with Gasteiger partial charge in [-0.3, -0.25) is 9.97 Å². The Morgan fingerprint density at radius 2 is 1.46 bits per heavy atom. The van der Waals surface area contributed by atoms with Crippen LogP contribution in [0.3, 0.4) is 0 Å². The molecule has 0 fully saturated rings. The summed E-state index contributed by atoms with van der Waals surface area (Å²) in [5.74, 6) is 0. The van der Waals surface area contributed by atoms with Crippen molar-refractivity contribution in [1.82, 2.24) is 9.97 Å². The number of aromatic nitrogens is 2. The highest BCUT2D eigenvalue weighted by atomic mass is 35.5. The largest absolute Gasteiger partial charge is 0.416 e. The molecule has 3 rings (SSSR count). The van der Waals surface area contributed by atoms with Crippen LogP contribution in [0.15, 0.2) is 67.0 Å². The van der Waals surface area contributed by atoms with E-state index in [9.17, 15) is 13.2 Å². The Morgan fingerprint density at radius 1 is 0.808 bits per heavy atom. The van der Waals surface area contributed by atoms with Gasteiger partial charge >= 0.3 is 6.18 Å². The second-order valence-electron chi connectivity index (χ2n) is 5.25. The highest BCUT2D eigenvalue weighted by molar-refractivity contribution is 5.85. The molecular weight excluding hydrogens is 386 g/mol. The smallest absolute Gasteiger partial charge is 0.319 e. The van der Waals surface area contributed by atoms with E-state index in [1.807, 2.05) is 18.2 Å². The molecular formula is C18H16Cl2F3N3. The monoisotopic (exact) mass is 401 g/mol. The number of halogens is 5. The lowest BCUT2D eigenvalue weighted by Gasteiger charge is -2.16. The van der Waals surface area contributed by atoms with Crippen LogP contribution in [0.25, 0.3) is 11.3 Å². The molecule has 0 amide bonds. The van der Waals surface area contributed by atoms with Gasteiger partial charge in [-0.25, -0.2) is 0 Å². The topological polar surface area (TPSA) is 51.8 Å². The molecule has 2 N–H and O–H groups in total. The zero-order valence-electron chi connectivity index (χ0n) is 13.4. The summed E-state index contributed by atoms with van der Waals surface area (Å²) in [6.45, 7) is 0. The molecule has 0 spiro atoms. The Hall–Kier alpha value is -2.15. The van der Waals surface area contributed by atoms with Crippen molar-refractivity contribution in [2.75, 3.05) is 0 Å². The first kappa shape index (κ1) is 21.9. The van der Waals surface area contributed by atoms with E-state index in [0.717, 1.165) is 17.7 Å². The SMILES string of the molecule is Cl.Cl.N[C@@H](c1ccc(C(F)(F)F)cc1)c1ncccc1-c1ccccn1. The van der Waals surface area contributed by atoms with Crippen LogP contribution in [-0.2, 0) is 6.18 Å². The number of hydrogen-bond acceptors (Lipinski definition) is 3. The van der Waals surface area contributed by atoms with Crippen LogP contribution < -0.4 is 5.73 Å².